The molecule has 0 N–H and O–H groups in total. The van der Waals surface area contributed by atoms with Crippen molar-refractivity contribution in [2.45, 2.75) is 12.7 Å². The zero-order valence-electron chi connectivity index (χ0n) is 13.9. The van der Waals surface area contributed by atoms with E-state index in [1.807, 2.05) is 11.0 Å². The molecule has 0 aliphatic carbocycles. The van der Waals surface area contributed by atoms with Crippen molar-refractivity contribution < 1.29 is 13.2 Å². The molecule has 0 spiro atoms. The molecule has 2 aromatic rings. The lowest BCUT2D eigenvalue weighted by molar-refractivity contribution is -0.143. The Morgan fingerprint density at radius 3 is 2.37 bits per heavy atom. The van der Waals surface area contributed by atoms with Crippen LogP contribution in [0.25, 0.3) is 0 Å². The maximum atomic E-state index is 12.5. The van der Waals surface area contributed by atoms with E-state index >= 15 is 0 Å². The molecular formula is C16H14ClF3N6O. The molecule has 0 bridgehead atoms. The summed E-state index contributed by atoms with van der Waals surface area (Å²) >= 11 is 6.01. The Bertz CT molecular complexity index is 914. The van der Waals surface area contributed by atoms with Gasteiger partial charge in [0.1, 0.15) is 23.3 Å². The summed E-state index contributed by atoms with van der Waals surface area (Å²) in [5.41, 5.74) is 0.538. The van der Waals surface area contributed by atoms with Crippen molar-refractivity contribution in [3.8, 4) is 6.07 Å². The van der Waals surface area contributed by atoms with E-state index in [2.05, 4.69) is 15.0 Å². The Morgan fingerprint density at radius 2 is 1.81 bits per heavy atom. The highest BCUT2D eigenvalue weighted by Gasteiger charge is 2.30. The molecule has 0 unspecified atom stereocenters. The first-order valence-electron chi connectivity index (χ1n) is 7.97. The lowest BCUT2D eigenvalue weighted by Gasteiger charge is -2.37. The van der Waals surface area contributed by atoms with Crippen LogP contribution in [0.4, 0.5) is 24.5 Å². The molecule has 3 rings (SSSR count). The van der Waals surface area contributed by atoms with E-state index in [9.17, 15) is 18.0 Å². The third-order valence-electron chi connectivity index (χ3n) is 4.14. The number of piperazine rings is 1. The van der Waals surface area contributed by atoms with Gasteiger partial charge < -0.3 is 9.80 Å². The Labute approximate surface area is 157 Å². The summed E-state index contributed by atoms with van der Waals surface area (Å²) in [4.78, 5) is 19.9. The summed E-state index contributed by atoms with van der Waals surface area (Å²) in [6, 6.07) is 5.38. The van der Waals surface area contributed by atoms with E-state index in [1.165, 1.54) is 6.20 Å². The normalized spacial score (nSPS) is 14.9. The van der Waals surface area contributed by atoms with E-state index in [1.54, 1.807) is 18.3 Å². The van der Waals surface area contributed by atoms with Gasteiger partial charge in [0.05, 0.1) is 23.8 Å². The largest absolute Gasteiger partial charge is 0.408 e. The van der Waals surface area contributed by atoms with Gasteiger partial charge in [0.2, 0.25) is 0 Å². The number of hydrogen-bond donors (Lipinski definition) is 0. The molecule has 7 nitrogen and oxygen atoms in total. The predicted molar refractivity (Wildman–Crippen MR) is 92.9 cm³/mol. The first-order valence-corrected chi connectivity index (χ1v) is 8.35. The second-order valence-electron chi connectivity index (χ2n) is 5.91. The first-order chi connectivity index (χ1) is 12.8. The average molecular weight is 399 g/mol. The van der Waals surface area contributed by atoms with Crippen molar-refractivity contribution in [3.63, 3.8) is 0 Å². The minimum absolute atomic E-state index is 0.275. The molecule has 0 saturated carbocycles. The van der Waals surface area contributed by atoms with E-state index in [0.29, 0.717) is 42.2 Å². The molecule has 0 aromatic carbocycles. The van der Waals surface area contributed by atoms with Gasteiger partial charge in [0, 0.05) is 26.2 Å². The van der Waals surface area contributed by atoms with E-state index in [4.69, 9.17) is 16.9 Å². The third kappa shape index (κ3) is 4.31. The van der Waals surface area contributed by atoms with Gasteiger partial charge in [0.15, 0.2) is 0 Å². The monoisotopic (exact) mass is 398 g/mol. The Hall–Kier alpha value is -2.80. The molecule has 0 amide bonds. The summed E-state index contributed by atoms with van der Waals surface area (Å²) in [5.74, 6) is 0. The van der Waals surface area contributed by atoms with E-state index in [-0.39, 0.29) is 5.02 Å². The second kappa shape index (κ2) is 7.44. The number of halogens is 4. The molecule has 3 heterocycles. The van der Waals surface area contributed by atoms with Crippen LogP contribution < -0.4 is 15.4 Å². The van der Waals surface area contributed by atoms with Gasteiger partial charge in [-0.25, -0.2) is 9.67 Å². The molecule has 1 aliphatic rings. The quantitative estimate of drug-likeness (QED) is 0.787. The van der Waals surface area contributed by atoms with Crippen LogP contribution >= 0.6 is 11.6 Å². The fourth-order valence-electron chi connectivity index (χ4n) is 2.80. The molecule has 2 aromatic heterocycles. The van der Waals surface area contributed by atoms with Gasteiger partial charge in [0.25, 0.3) is 5.56 Å². The van der Waals surface area contributed by atoms with Crippen LogP contribution in [-0.4, -0.2) is 47.1 Å². The second-order valence-corrected chi connectivity index (χ2v) is 6.29. The van der Waals surface area contributed by atoms with Crippen molar-refractivity contribution in [1.29, 1.82) is 5.26 Å². The summed E-state index contributed by atoms with van der Waals surface area (Å²) in [6.07, 6.45) is -1.75. The van der Waals surface area contributed by atoms with Gasteiger partial charge in [-0.05, 0) is 12.1 Å². The summed E-state index contributed by atoms with van der Waals surface area (Å²) in [6.45, 7) is 0.713. The molecule has 142 valence electrons. The number of nitrogens with zero attached hydrogens (tertiary/aromatic N) is 6. The highest BCUT2D eigenvalue weighted by Crippen LogP contribution is 2.25. The molecule has 0 atom stereocenters. The Kier molecular flexibility index (Phi) is 5.23. The molecule has 1 fully saturated rings. The molecule has 1 aliphatic heterocycles. The number of anilines is 2. The number of aromatic nitrogens is 3. The number of nitriles is 1. The Balaban J connectivity index is 1.71. The van der Waals surface area contributed by atoms with Crippen molar-refractivity contribution in [2.75, 3.05) is 36.0 Å². The summed E-state index contributed by atoms with van der Waals surface area (Å²) in [5, 5.41) is 12.1. The first kappa shape index (κ1) is 19.0. The van der Waals surface area contributed by atoms with Crippen molar-refractivity contribution in [1.82, 2.24) is 14.8 Å². The lowest BCUT2D eigenvalue weighted by atomic mass is 10.2. The predicted octanol–water partition coefficient (Wildman–Crippen LogP) is 2.05. The topological polar surface area (TPSA) is 78.0 Å². The summed E-state index contributed by atoms with van der Waals surface area (Å²) < 4.78 is 37.7. The number of rotatable bonds is 3. The number of pyridine rings is 1. The molecule has 0 radical (unpaired) electrons. The standard InChI is InChI=1S/C16H14ClF3N6O/c17-14-13(9-23-26(15(14)27)10-16(18,19)20)25-5-3-24(4-6-25)12-2-1-11(7-21)22-8-12/h1-2,8-9H,3-6,10H2. The van der Waals surface area contributed by atoms with Crippen LogP contribution in [0.15, 0.2) is 29.3 Å². The smallest absolute Gasteiger partial charge is 0.367 e. The fraction of sp³-hybridized carbons (Fsp3) is 0.375. The van der Waals surface area contributed by atoms with Crippen LogP contribution in [-0.2, 0) is 6.54 Å². The average Bonchev–Trinajstić information content (AvgIpc) is 2.65. The Morgan fingerprint density at radius 1 is 1.15 bits per heavy atom. The van der Waals surface area contributed by atoms with Gasteiger partial charge in [-0.3, -0.25) is 4.79 Å². The summed E-state index contributed by atoms with van der Waals surface area (Å²) in [7, 11) is 0. The van der Waals surface area contributed by atoms with Crippen molar-refractivity contribution >= 4 is 23.0 Å². The van der Waals surface area contributed by atoms with Crippen LogP contribution in [0.2, 0.25) is 5.02 Å². The van der Waals surface area contributed by atoms with Gasteiger partial charge in [-0.1, -0.05) is 11.6 Å². The zero-order chi connectivity index (χ0) is 19.6. The SMILES string of the molecule is N#Cc1ccc(N2CCN(c3cnn(CC(F)(F)F)c(=O)c3Cl)CC2)cn1. The van der Waals surface area contributed by atoms with Crippen LogP contribution in [0.1, 0.15) is 5.69 Å². The van der Waals surface area contributed by atoms with Crippen LogP contribution in [0.3, 0.4) is 0 Å². The minimum atomic E-state index is -4.55. The van der Waals surface area contributed by atoms with Crippen LogP contribution in [0.5, 0.6) is 0 Å². The molecule has 11 heteroatoms. The van der Waals surface area contributed by atoms with Gasteiger partial charge in [-0.2, -0.15) is 23.5 Å². The minimum Gasteiger partial charge on any atom is -0.367 e. The fourth-order valence-corrected chi connectivity index (χ4v) is 3.07. The third-order valence-corrected chi connectivity index (χ3v) is 4.50. The number of hydrogen-bond acceptors (Lipinski definition) is 6. The zero-order valence-corrected chi connectivity index (χ0v) is 14.7. The van der Waals surface area contributed by atoms with E-state index in [0.717, 1.165) is 5.69 Å². The maximum Gasteiger partial charge on any atom is 0.408 e. The number of alkyl halides is 3. The van der Waals surface area contributed by atoms with Gasteiger partial charge >= 0.3 is 6.18 Å². The lowest BCUT2D eigenvalue weighted by Crippen LogP contribution is -2.47. The maximum absolute atomic E-state index is 12.5. The van der Waals surface area contributed by atoms with Crippen LogP contribution in [0, 0.1) is 11.3 Å². The highest BCUT2D eigenvalue weighted by molar-refractivity contribution is 6.33. The molecule has 27 heavy (non-hydrogen) atoms. The van der Waals surface area contributed by atoms with Crippen molar-refractivity contribution in [2.24, 2.45) is 0 Å². The van der Waals surface area contributed by atoms with E-state index < -0.39 is 18.3 Å². The molecular weight excluding hydrogens is 385 g/mol. The molecule has 1 saturated heterocycles. The van der Waals surface area contributed by atoms with Crippen molar-refractivity contribution in [3.05, 3.63) is 45.6 Å². The van der Waals surface area contributed by atoms with Gasteiger partial charge in [-0.15, -0.1) is 0 Å². The highest BCUT2D eigenvalue weighted by atomic mass is 35.5.